The van der Waals surface area contributed by atoms with Gasteiger partial charge in [0.05, 0.1) is 5.58 Å². The maximum absolute atomic E-state index is 9.65. The fourth-order valence-corrected chi connectivity index (χ4v) is 11.4. The molecule has 71 heavy (non-hydrogen) atoms. The van der Waals surface area contributed by atoms with Gasteiger partial charge in [-0.15, -0.1) is 47.5 Å². The minimum absolute atomic E-state index is 0. The third-order valence-corrected chi connectivity index (χ3v) is 15.0. The molecule has 0 N–H and O–H groups in total. The first-order valence-electron chi connectivity index (χ1n) is 31.2. The van der Waals surface area contributed by atoms with Crippen molar-refractivity contribution in [3.8, 4) is 33.6 Å². The Kier molecular flexibility index (Phi) is 12.4. The zero-order valence-corrected chi connectivity index (χ0v) is 46.7. The molecular weight excluding hydrogens is 1040 g/mol. The van der Waals surface area contributed by atoms with Crippen molar-refractivity contribution in [2.24, 2.45) is 38.9 Å². The number of aromatic nitrogens is 3. The van der Waals surface area contributed by atoms with Gasteiger partial charge in [0.2, 0.25) is 5.71 Å². The van der Waals surface area contributed by atoms with Gasteiger partial charge in [-0.2, -0.15) is 0 Å². The Morgan fingerprint density at radius 1 is 0.746 bits per heavy atom. The van der Waals surface area contributed by atoms with E-state index in [2.05, 4.69) is 68.6 Å². The summed E-state index contributed by atoms with van der Waals surface area (Å²) in [5, 5.41) is 1.61. The molecule has 1 unspecified atom stereocenters. The summed E-state index contributed by atoms with van der Waals surface area (Å²) in [7, 11) is 0. The van der Waals surface area contributed by atoms with Gasteiger partial charge in [0.25, 0.3) is 0 Å². The Morgan fingerprint density at radius 3 is 2.10 bits per heavy atom. The van der Waals surface area contributed by atoms with Crippen molar-refractivity contribution in [1.82, 2.24) is 15.0 Å². The van der Waals surface area contributed by atoms with Gasteiger partial charge in [-0.1, -0.05) is 154 Å². The summed E-state index contributed by atoms with van der Waals surface area (Å²) in [6.07, 6.45) is 9.95. The molecule has 9 rings (SSSR count). The van der Waals surface area contributed by atoms with E-state index in [1.54, 1.807) is 72.0 Å². The van der Waals surface area contributed by atoms with Gasteiger partial charge in [-0.25, -0.2) is 4.98 Å². The van der Waals surface area contributed by atoms with Crippen LogP contribution in [-0.2, 0) is 32.9 Å². The van der Waals surface area contributed by atoms with Crippen LogP contribution in [0.5, 0.6) is 0 Å². The van der Waals surface area contributed by atoms with Crippen molar-refractivity contribution >= 4 is 22.1 Å². The topological polar surface area (TPSA) is 51.8 Å². The first kappa shape index (κ1) is 41.0. The van der Waals surface area contributed by atoms with Gasteiger partial charge in [0, 0.05) is 58.7 Å². The normalized spacial score (nSPS) is 24.3. The molecule has 0 aliphatic heterocycles. The maximum Gasteiger partial charge on any atom is 0.216 e. The first-order valence-corrected chi connectivity index (χ1v) is 25.7. The van der Waals surface area contributed by atoms with Crippen LogP contribution in [0, 0.1) is 64.7 Å². The Labute approximate surface area is 457 Å². The van der Waals surface area contributed by atoms with E-state index in [0.29, 0.717) is 61.5 Å². The average molecular weight is 1140 g/mol. The molecule has 1 spiro atoms. The molecule has 3 aromatic carbocycles. The number of furan rings is 1. The number of pyridine rings is 3. The van der Waals surface area contributed by atoms with Crippen molar-refractivity contribution in [3.05, 3.63) is 137 Å². The largest absolute Gasteiger partial charge is 0.486 e. The molecule has 2 aliphatic rings. The van der Waals surface area contributed by atoms with Gasteiger partial charge in [0.1, 0.15) is 0 Å². The van der Waals surface area contributed by atoms with E-state index in [1.165, 1.54) is 44.4 Å². The Morgan fingerprint density at radius 2 is 1.45 bits per heavy atom. The van der Waals surface area contributed by atoms with Crippen LogP contribution in [0.25, 0.3) is 55.7 Å². The third-order valence-electron chi connectivity index (χ3n) is 15.0. The summed E-state index contributed by atoms with van der Waals surface area (Å²) in [6, 6.07) is 31.5. The molecule has 2 aliphatic carbocycles. The summed E-state index contributed by atoms with van der Waals surface area (Å²) >= 11 is 0. The van der Waals surface area contributed by atoms with Crippen molar-refractivity contribution < 1.29 is 39.6 Å². The molecule has 1 atom stereocenters. The molecule has 7 aromatic rings. The molecule has 4 heterocycles. The van der Waals surface area contributed by atoms with Crippen LogP contribution >= 0.6 is 0 Å². The second-order valence-corrected chi connectivity index (χ2v) is 24.3. The van der Waals surface area contributed by atoms with E-state index in [1.807, 2.05) is 54.6 Å². The van der Waals surface area contributed by atoms with Gasteiger partial charge in [-0.3, -0.25) is 0 Å². The van der Waals surface area contributed by atoms with Crippen LogP contribution in [0.2, 0.25) is 0 Å². The van der Waals surface area contributed by atoms with E-state index >= 15 is 0 Å². The standard InChI is InChI=1S/C38H49N2O.C28H34N.Ir/c1-25(2)27(4)38(24-36(5,6)7)20-18-37(19-21-38)16-13-28(14-17-37)29-15-22-39-33(23-29)32-10-8-9-30-31-12-11-26(3)40-35(31)41-34(30)32;1-20-13-14-22(15-25(20)21-11-9-8-10-12-21)26-16-23(17-27(2,3)4)24(19-29-26)18-28(5,6)7;/h8-9,11-12,15,22-23,25,27-28H,13-14,16-21,24H2,1-7H3;8-13,15-16,19H,17-18H2,1-7H3;/q2*-1;/i3D3,28D;1D3,17D2,18D2;. The number of hydrogen-bond acceptors (Lipinski definition) is 4. The molecule has 0 amide bonds. The number of benzene rings is 3. The summed E-state index contributed by atoms with van der Waals surface area (Å²) in [6.45, 7) is 20.6. The third kappa shape index (κ3) is 13.0. The molecule has 2 fully saturated rings. The molecule has 1 radical (unpaired) electrons. The summed E-state index contributed by atoms with van der Waals surface area (Å²) in [5.74, 6) is 0.766. The Balaban J connectivity index is 0.000000240. The number of aryl methyl sites for hydroxylation is 2. The van der Waals surface area contributed by atoms with Crippen LogP contribution in [-0.4, -0.2) is 15.0 Å². The number of nitrogens with zero attached hydrogens (tertiary/aromatic N) is 3. The second kappa shape index (κ2) is 21.6. The van der Waals surface area contributed by atoms with Gasteiger partial charge < -0.3 is 14.4 Å². The molecule has 5 heteroatoms. The maximum atomic E-state index is 9.65. The van der Waals surface area contributed by atoms with Crippen LogP contribution < -0.4 is 0 Å². The Hall–Kier alpha value is -4.44. The average Bonchev–Trinajstić information content (AvgIpc) is 3.26. The number of hydrogen-bond donors (Lipinski definition) is 0. The van der Waals surface area contributed by atoms with E-state index in [9.17, 15) is 1.37 Å². The van der Waals surface area contributed by atoms with E-state index in [0.717, 1.165) is 53.5 Å². The van der Waals surface area contributed by atoms with E-state index < -0.39 is 43.2 Å². The molecular formula is C66H83IrN3O-2. The fourth-order valence-electron chi connectivity index (χ4n) is 11.4. The van der Waals surface area contributed by atoms with E-state index in [-0.39, 0.29) is 42.5 Å². The fraction of sp³-hybridized carbons (Fsp3) is 0.500. The predicted octanol–water partition coefficient (Wildman–Crippen LogP) is 18.8. The minimum Gasteiger partial charge on any atom is -0.486 e. The molecule has 0 bridgehead atoms. The molecule has 0 saturated heterocycles. The van der Waals surface area contributed by atoms with Crippen molar-refractivity contribution in [2.45, 2.75) is 173 Å². The number of fused-ring (bicyclic) bond motifs is 3. The van der Waals surface area contributed by atoms with Crippen LogP contribution in [0.15, 0.2) is 102 Å². The summed E-state index contributed by atoms with van der Waals surface area (Å²) < 4.78 is 98.6. The van der Waals surface area contributed by atoms with Crippen molar-refractivity contribution in [1.29, 1.82) is 0 Å². The molecule has 2 saturated carbocycles. The van der Waals surface area contributed by atoms with Crippen molar-refractivity contribution in [2.75, 3.05) is 0 Å². The van der Waals surface area contributed by atoms with Crippen LogP contribution in [0.4, 0.5) is 0 Å². The van der Waals surface area contributed by atoms with Crippen LogP contribution in [0.1, 0.15) is 190 Å². The van der Waals surface area contributed by atoms with Crippen molar-refractivity contribution in [3.63, 3.8) is 0 Å². The number of rotatable bonds is 9. The summed E-state index contributed by atoms with van der Waals surface area (Å²) in [4.78, 5) is 13.5. The zero-order chi connectivity index (χ0) is 59.7. The summed E-state index contributed by atoms with van der Waals surface area (Å²) in [5.41, 5.74) is 5.61. The van der Waals surface area contributed by atoms with Gasteiger partial charge in [0.15, 0.2) is 0 Å². The second-order valence-electron chi connectivity index (χ2n) is 24.3. The van der Waals surface area contributed by atoms with Gasteiger partial charge in [-0.05, 0) is 168 Å². The molecule has 4 aromatic heterocycles. The predicted molar refractivity (Wildman–Crippen MR) is 296 cm³/mol. The smallest absolute Gasteiger partial charge is 0.216 e. The monoisotopic (exact) mass is 1140 g/mol. The quantitative estimate of drug-likeness (QED) is 0.135. The first-order chi connectivity index (χ1) is 37.3. The molecule has 4 nitrogen and oxygen atoms in total. The van der Waals surface area contributed by atoms with Crippen LogP contribution in [0.3, 0.4) is 0 Å². The van der Waals surface area contributed by atoms with Gasteiger partial charge >= 0.3 is 0 Å². The van der Waals surface area contributed by atoms with E-state index in [4.69, 9.17) is 18.1 Å². The molecule has 379 valence electrons. The zero-order valence-electron chi connectivity index (χ0n) is 55.3. The minimum atomic E-state index is -2.34. The SMILES string of the molecule is [2H]C([2H])([2H])c1c[c-]c(-c2cc(C([2H])([2H])C(C)(C)C)c(C([2H])([2H])C(C)(C)C)cn2)cc1-c1ccccc1.[2H]C([2H])([2H])c1ccc2c(n1)oc1c(-c3cc(C4([2H])CCC5(CC4)CCC(CC(C)(C)C)(C(C)C(C)C)CC5)ccn3)[c-]ccc12.[Ir]. The Bertz CT molecular complexity index is 3360.